The van der Waals surface area contributed by atoms with Crippen molar-refractivity contribution in [3.63, 3.8) is 0 Å². The molecular weight excluding hydrogens is 256 g/mol. The normalized spacial score (nSPS) is 10.8. The Labute approximate surface area is 123 Å². The lowest BCUT2D eigenvalue weighted by atomic mass is 10.1. The fourth-order valence-corrected chi connectivity index (χ4v) is 3.12. The van der Waals surface area contributed by atoms with Gasteiger partial charge in [-0.15, -0.1) is 0 Å². The Hall–Kier alpha value is -0.180. The van der Waals surface area contributed by atoms with Gasteiger partial charge in [0.15, 0.2) is 0 Å². The summed E-state index contributed by atoms with van der Waals surface area (Å²) in [4.78, 5) is 10.3. The average molecular weight is 288 g/mol. The zero-order valence-corrected chi connectivity index (χ0v) is 13.5. The van der Waals surface area contributed by atoms with Crippen LogP contribution in [0.3, 0.4) is 0 Å². The van der Waals surface area contributed by atoms with Crippen LogP contribution in [-0.2, 0) is 4.79 Å². The average Bonchev–Trinajstić information content (AvgIpc) is 2.39. The second kappa shape index (κ2) is 15.9. The van der Waals surface area contributed by atoms with Crippen molar-refractivity contribution in [2.75, 3.05) is 11.5 Å². The van der Waals surface area contributed by atoms with Crippen LogP contribution in [0.4, 0.5) is 0 Å². The van der Waals surface area contributed by atoms with Crippen molar-refractivity contribution in [2.45, 2.75) is 84.0 Å². The smallest absolute Gasteiger partial charge is 0.303 e. The Kier molecular flexibility index (Phi) is 15.7. The summed E-state index contributed by atoms with van der Waals surface area (Å²) in [6, 6.07) is 0. The Bertz CT molecular complexity index is 195. The molecule has 1 N–H and O–H groups in total. The van der Waals surface area contributed by atoms with E-state index in [1.54, 1.807) is 0 Å². The summed E-state index contributed by atoms with van der Waals surface area (Å²) < 4.78 is 0. The summed E-state index contributed by atoms with van der Waals surface area (Å²) in [5.41, 5.74) is 0. The summed E-state index contributed by atoms with van der Waals surface area (Å²) in [6.07, 6.45) is 14.4. The third-order valence-electron chi connectivity index (χ3n) is 3.32. The lowest BCUT2D eigenvalue weighted by molar-refractivity contribution is -0.137. The lowest BCUT2D eigenvalue weighted by Gasteiger charge is -2.02. The SMILES string of the molecule is CCCCCCCCSCCCCCCCC(=O)O. The second-order valence-corrected chi connectivity index (χ2v) is 6.52. The zero-order chi connectivity index (χ0) is 14.2. The van der Waals surface area contributed by atoms with Gasteiger partial charge in [0.2, 0.25) is 0 Å². The summed E-state index contributed by atoms with van der Waals surface area (Å²) in [5, 5.41) is 8.50. The van der Waals surface area contributed by atoms with Crippen molar-refractivity contribution >= 4 is 17.7 Å². The number of aliphatic carboxylic acids is 1. The van der Waals surface area contributed by atoms with E-state index in [0.717, 1.165) is 12.8 Å². The van der Waals surface area contributed by atoms with Crippen LogP contribution in [0.2, 0.25) is 0 Å². The molecule has 0 unspecified atom stereocenters. The van der Waals surface area contributed by atoms with E-state index in [4.69, 9.17) is 5.11 Å². The monoisotopic (exact) mass is 288 g/mol. The number of hydrogen-bond donors (Lipinski definition) is 1. The fraction of sp³-hybridized carbons (Fsp3) is 0.938. The van der Waals surface area contributed by atoms with Crippen LogP contribution in [0.15, 0.2) is 0 Å². The highest BCUT2D eigenvalue weighted by atomic mass is 32.2. The molecule has 2 nitrogen and oxygen atoms in total. The number of thioether (sulfide) groups is 1. The maximum Gasteiger partial charge on any atom is 0.303 e. The number of unbranched alkanes of at least 4 members (excludes halogenated alkanes) is 9. The van der Waals surface area contributed by atoms with Gasteiger partial charge < -0.3 is 5.11 Å². The lowest BCUT2D eigenvalue weighted by Crippen LogP contribution is -1.93. The van der Waals surface area contributed by atoms with Gasteiger partial charge in [0.1, 0.15) is 0 Å². The molecule has 0 saturated heterocycles. The standard InChI is InChI=1S/C16H32O2S/c1-2-3-4-5-8-11-14-19-15-12-9-6-7-10-13-16(17)18/h2-15H2,1H3,(H,17,18). The first-order chi connectivity index (χ1) is 9.27. The molecule has 0 radical (unpaired) electrons. The molecule has 0 aliphatic heterocycles. The van der Waals surface area contributed by atoms with Gasteiger partial charge >= 0.3 is 5.97 Å². The Morgan fingerprint density at radius 3 is 1.79 bits per heavy atom. The fourth-order valence-electron chi connectivity index (χ4n) is 2.10. The second-order valence-electron chi connectivity index (χ2n) is 5.29. The molecule has 0 aliphatic carbocycles. The van der Waals surface area contributed by atoms with Gasteiger partial charge in [-0.05, 0) is 30.8 Å². The zero-order valence-electron chi connectivity index (χ0n) is 12.7. The highest BCUT2D eigenvalue weighted by Crippen LogP contribution is 2.13. The number of carbonyl (C=O) groups is 1. The topological polar surface area (TPSA) is 37.3 Å². The molecule has 0 aliphatic rings. The molecule has 114 valence electrons. The quantitative estimate of drug-likeness (QED) is 0.404. The van der Waals surface area contributed by atoms with Crippen LogP contribution in [0.5, 0.6) is 0 Å². The van der Waals surface area contributed by atoms with Crippen molar-refractivity contribution < 1.29 is 9.90 Å². The van der Waals surface area contributed by atoms with Gasteiger partial charge in [0.05, 0.1) is 0 Å². The van der Waals surface area contributed by atoms with Crippen molar-refractivity contribution in [3.05, 3.63) is 0 Å². The Balaban J connectivity index is 2.93. The van der Waals surface area contributed by atoms with E-state index >= 15 is 0 Å². The third kappa shape index (κ3) is 17.8. The van der Waals surface area contributed by atoms with Gasteiger partial charge in [-0.1, -0.05) is 58.3 Å². The molecule has 0 fully saturated rings. The van der Waals surface area contributed by atoms with Crippen molar-refractivity contribution in [3.8, 4) is 0 Å². The molecule has 0 amide bonds. The van der Waals surface area contributed by atoms with Crippen LogP contribution >= 0.6 is 11.8 Å². The molecule has 0 saturated carbocycles. The van der Waals surface area contributed by atoms with Gasteiger partial charge in [-0.25, -0.2) is 0 Å². The first-order valence-corrected chi connectivity index (χ1v) is 9.22. The van der Waals surface area contributed by atoms with E-state index in [1.165, 1.54) is 69.3 Å². The highest BCUT2D eigenvalue weighted by Gasteiger charge is 1.97. The molecule has 0 bridgehead atoms. The Morgan fingerprint density at radius 2 is 1.26 bits per heavy atom. The van der Waals surface area contributed by atoms with Gasteiger partial charge in [-0.3, -0.25) is 4.79 Å². The minimum Gasteiger partial charge on any atom is -0.481 e. The number of carboxylic acid groups (broad SMARTS) is 1. The molecule has 0 aromatic heterocycles. The molecule has 0 rings (SSSR count). The van der Waals surface area contributed by atoms with Crippen LogP contribution in [0.25, 0.3) is 0 Å². The van der Waals surface area contributed by atoms with Gasteiger partial charge in [0.25, 0.3) is 0 Å². The molecule has 0 heterocycles. The first kappa shape index (κ1) is 18.8. The van der Waals surface area contributed by atoms with Crippen LogP contribution < -0.4 is 0 Å². The van der Waals surface area contributed by atoms with Gasteiger partial charge in [0, 0.05) is 6.42 Å². The minimum atomic E-state index is -0.658. The number of rotatable bonds is 15. The molecule has 19 heavy (non-hydrogen) atoms. The predicted molar refractivity (Wildman–Crippen MR) is 86.0 cm³/mol. The molecule has 0 atom stereocenters. The van der Waals surface area contributed by atoms with Crippen LogP contribution in [0, 0.1) is 0 Å². The molecule has 0 aromatic carbocycles. The van der Waals surface area contributed by atoms with E-state index in [0.29, 0.717) is 6.42 Å². The maximum absolute atomic E-state index is 10.3. The third-order valence-corrected chi connectivity index (χ3v) is 4.48. The predicted octanol–water partition coefficient (Wildman–Crippen LogP) is 5.51. The van der Waals surface area contributed by atoms with Crippen molar-refractivity contribution in [1.82, 2.24) is 0 Å². The number of hydrogen-bond acceptors (Lipinski definition) is 2. The minimum absolute atomic E-state index is 0.340. The van der Waals surface area contributed by atoms with E-state index in [2.05, 4.69) is 18.7 Å². The van der Waals surface area contributed by atoms with E-state index in [1.807, 2.05) is 0 Å². The largest absolute Gasteiger partial charge is 0.481 e. The Morgan fingerprint density at radius 1 is 0.789 bits per heavy atom. The molecule has 0 spiro atoms. The molecule has 3 heteroatoms. The van der Waals surface area contributed by atoms with E-state index in [9.17, 15) is 4.79 Å². The molecule has 0 aromatic rings. The highest BCUT2D eigenvalue weighted by molar-refractivity contribution is 7.99. The van der Waals surface area contributed by atoms with Crippen LogP contribution in [-0.4, -0.2) is 22.6 Å². The summed E-state index contributed by atoms with van der Waals surface area (Å²) in [5.74, 6) is 1.95. The first-order valence-electron chi connectivity index (χ1n) is 8.07. The van der Waals surface area contributed by atoms with Crippen molar-refractivity contribution in [2.24, 2.45) is 0 Å². The van der Waals surface area contributed by atoms with Gasteiger partial charge in [-0.2, -0.15) is 11.8 Å². The summed E-state index contributed by atoms with van der Waals surface area (Å²) in [7, 11) is 0. The number of carboxylic acids is 1. The summed E-state index contributed by atoms with van der Waals surface area (Å²) in [6.45, 7) is 2.26. The van der Waals surface area contributed by atoms with Crippen molar-refractivity contribution in [1.29, 1.82) is 0 Å². The van der Waals surface area contributed by atoms with E-state index in [-0.39, 0.29) is 0 Å². The van der Waals surface area contributed by atoms with E-state index < -0.39 is 5.97 Å². The van der Waals surface area contributed by atoms with Crippen LogP contribution in [0.1, 0.15) is 84.0 Å². The molecular formula is C16H32O2S. The maximum atomic E-state index is 10.3. The summed E-state index contributed by atoms with van der Waals surface area (Å²) >= 11 is 2.09.